The van der Waals surface area contributed by atoms with Gasteiger partial charge in [0, 0.05) is 18.3 Å². The number of carboxylic acid groups (broad SMARTS) is 1. The Morgan fingerprint density at radius 2 is 1.97 bits per heavy atom. The lowest BCUT2D eigenvalue weighted by molar-refractivity contribution is -0.135. The van der Waals surface area contributed by atoms with Crippen molar-refractivity contribution in [3.63, 3.8) is 0 Å². The molecule has 13 heteroatoms. The van der Waals surface area contributed by atoms with Crippen molar-refractivity contribution >= 4 is 50.4 Å². The zero-order valence-corrected chi connectivity index (χ0v) is 17.8. The second-order valence-corrected chi connectivity index (χ2v) is 8.87. The molecule has 1 aromatic carbocycles. The Bertz CT molecular complexity index is 984. The zero-order valence-electron chi connectivity index (χ0n) is 16.2. The van der Waals surface area contributed by atoms with Crippen molar-refractivity contribution in [1.82, 2.24) is 4.98 Å². The largest absolute Gasteiger partial charge is 0.480 e. The number of carboxylic acids is 1. The standard InChI is InChI=1S/C18H20F2N4O5S2/c19-13-6-5-12(7-14(13)20)23(9-11-3-1-2-4-11)18(27)22-17-21-8-15(30-17)24(31(28)29)10-16(25)26/h5-8,11H,1-4,9-10H2,(H,25,26)(H,28,29)(H,21,22,27). The van der Waals surface area contributed by atoms with Crippen molar-refractivity contribution in [2.75, 3.05) is 27.6 Å². The molecule has 0 radical (unpaired) electrons. The number of carbonyl (C=O) groups excluding carboxylic acids is 1. The van der Waals surface area contributed by atoms with Gasteiger partial charge >= 0.3 is 12.0 Å². The summed E-state index contributed by atoms with van der Waals surface area (Å²) < 4.78 is 48.5. The molecule has 1 aliphatic rings. The normalized spacial score (nSPS) is 14.9. The molecule has 168 valence electrons. The van der Waals surface area contributed by atoms with Gasteiger partial charge < -0.3 is 5.11 Å². The molecule has 1 unspecified atom stereocenters. The molecule has 1 saturated carbocycles. The quantitative estimate of drug-likeness (QED) is 0.502. The van der Waals surface area contributed by atoms with E-state index in [0.29, 0.717) is 10.8 Å². The fraction of sp³-hybridized carbons (Fsp3) is 0.389. The van der Waals surface area contributed by atoms with Crippen molar-refractivity contribution in [2.24, 2.45) is 5.92 Å². The van der Waals surface area contributed by atoms with E-state index in [9.17, 15) is 27.1 Å². The number of anilines is 3. The fourth-order valence-electron chi connectivity index (χ4n) is 3.34. The summed E-state index contributed by atoms with van der Waals surface area (Å²) in [7, 11) is 0. The zero-order chi connectivity index (χ0) is 22.5. The van der Waals surface area contributed by atoms with Crippen LogP contribution in [0.3, 0.4) is 0 Å². The minimum Gasteiger partial charge on any atom is -0.480 e. The number of thiazole rings is 1. The summed E-state index contributed by atoms with van der Waals surface area (Å²) in [5.41, 5.74) is 0.184. The molecule has 31 heavy (non-hydrogen) atoms. The van der Waals surface area contributed by atoms with Crippen LogP contribution in [0.5, 0.6) is 0 Å². The van der Waals surface area contributed by atoms with Crippen molar-refractivity contribution < 1.29 is 32.2 Å². The Kier molecular flexibility index (Phi) is 7.51. The van der Waals surface area contributed by atoms with Gasteiger partial charge in [-0.3, -0.25) is 19.6 Å². The monoisotopic (exact) mass is 474 g/mol. The Morgan fingerprint density at radius 3 is 2.58 bits per heavy atom. The predicted molar refractivity (Wildman–Crippen MR) is 113 cm³/mol. The highest BCUT2D eigenvalue weighted by Gasteiger charge is 2.25. The molecule has 1 atom stereocenters. The van der Waals surface area contributed by atoms with Crippen LogP contribution >= 0.6 is 11.3 Å². The lowest BCUT2D eigenvalue weighted by Crippen LogP contribution is -2.38. The first-order valence-electron chi connectivity index (χ1n) is 9.34. The topological polar surface area (TPSA) is 123 Å². The number of hydrogen-bond acceptors (Lipinski definition) is 5. The van der Waals surface area contributed by atoms with Gasteiger partial charge in [0.2, 0.25) is 0 Å². The van der Waals surface area contributed by atoms with Crippen molar-refractivity contribution in [2.45, 2.75) is 25.7 Å². The summed E-state index contributed by atoms with van der Waals surface area (Å²) in [6.45, 7) is -0.428. The molecule has 2 aromatic rings. The first-order chi connectivity index (χ1) is 14.7. The molecule has 2 amide bonds. The van der Waals surface area contributed by atoms with Crippen LogP contribution in [0.15, 0.2) is 24.4 Å². The van der Waals surface area contributed by atoms with Gasteiger partial charge in [0.1, 0.15) is 11.5 Å². The highest BCUT2D eigenvalue weighted by Crippen LogP contribution is 2.31. The number of halogens is 2. The summed E-state index contributed by atoms with van der Waals surface area (Å²) in [6, 6.07) is 2.57. The van der Waals surface area contributed by atoms with Crippen LogP contribution in [0.2, 0.25) is 0 Å². The van der Waals surface area contributed by atoms with Crippen LogP contribution in [-0.4, -0.2) is 43.9 Å². The third-order valence-electron chi connectivity index (χ3n) is 4.80. The van der Waals surface area contributed by atoms with Crippen molar-refractivity contribution in [3.8, 4) is 0 Å². The van der Waals surface area contributed by atoms with Crippen molar-refractivity contribution in [3.05, 3.63) is 36.0 Å². The minimum absolute atomic E-state index is 0.0554. The van der Waals surface area contributed by atoms with E-state index in [1.54, 1.807) is 0 Å². The molecule has 9 nitrogen and oxygen atoms in total. The summed E-state index contributed by atoms with van der Waals surface area (Å²) in [6.07, 6.45) is 5.07. The van der Waals surface area contributed by atoms with E-state index in [2.05, 4.69) is 10.3 Å². The van der Waals surface area contributed by atoms with Crippen LogP contribution in [-0.2, 0) is 16.1 Å². The number of benzene rings is 1. The van der Waals surface area contributed by atoms with Crippen LogP contribution in [0.4, 0.5) is 29.4 Å². The molecule has 1 aromatic heterocycles. The average molecular weight is 475 g/mol. The average Bonchev–Trinajstić information content (AvgIpc) is 3.38. The van der Waals surface area contributed by atoms with E-state index in [4.69, 9.17) is 5.11 Å². The first-order valence-corrected chi connectivity index (χ1v) is 11.2. The molecule has 1 aliphatic carbocycles. The number of amides is 2. The number of aromatic nitrogens is 1. The molecule has 0 spiro atoms. The third kappa shape index (κ3) is 5.95. The smallest absolute Gasteiger partial charge is 0.328 e. The van der Waals surface area contributed by atoms with Crippen LogP contribution in [0.25, 0.3) is 0 Å². The molecule has 1 heterocycles. The lowest BCUT2D eigenvalue weighted by atomic mass is 10.1. The van der Waals surface area contributed by atoms with E-state index < -0.39 is 41.4 Å². The predicted octanol–water partition coefficient (Wildman–Crippen LogP) is 3.68. The third-order valence-corrected chi connectivity index (χ3v) is 6.55. The van der Waals surface area contributed by atoms with Gasteiger partial charge in [-0.1, -0.05) is 24.2 Å². The Hall–Kier alpha value is -2.64. The van der Waals surface area contributed by atoms with E-state index in [-0.39, 0.29) is 21.7 Å². The maximum absolute atomic E-state index is 13.8. The number of rotatable bonds is 8. The molecule has 1 fully saturated rings. The summed E-state index contributed by atoms with van der Waals surface area (Å²) in [5.74, 6) is -3.20. The van der Waals surface area contributed by atoms with E-state index in [1.165, 1.54) is 11.0 Å². The van der Waals surface area contributed by atoms with Gasteiger partial charge in [-0.15, -0.1) is 0 Å². The van der Waals surface area contributed by atoms with Crippen molar-refractivity contribution in [1.29, 1.82) is 0 Å². The number of carbonyl (C=O) groups is 2. The van der Waals surface area contributed by atoms with Gasteiger partial charge in [0.25, 0.3) is 11.3 Å². The summed E-state index contributed by atoms with van der Waals surface area (Å²) >= 11 is -1.79. The van der Waals surface area contributed by atoms with Crippen LogP contribution in [0, 0.1) is 17.6 Å². The lowest BCUT2D eigenvalue weighted by Gasteiger charge is -2.25. The van der Waals surface area contributed by atoms with E-state index in [1.807, 2.05) is 0 Å². The Morgan fingerprint density at radius 1 is 1.26 bits per heavy atom. The van der Waals surface area contributed by atoms with E-state index in [0.717, 1.165) is 55.3 Å². The SMILES string of the molecule is O=C(O)CN(c1cnc(NC(=O)N(CC2CCCC2)c2ccc(F)c(F)c2)s1)S(=O)O. The first kappa shape index (κ1) is 23.0. The van der Waals surface area contributed by atoms with Crippen LogP contribution < -0.4 is 14.5 Å². The van der Waals surface area contributed by atoms with E-state index >= 15 is 0 Å². The second kappa shape index (κ2) is 10.1. The molecule has 0 aliphatic heterocycles. The van der Waals surface area contributed by atoms with Gasteiger partial charge in [-0.25, -0.2) is 27.1 Å². The second-order valence-electron chi connectivity index (χ2n) is 6.95. The molecular formula is C18H20F2N4O5S2. The Labute approximate surface area is 183 Å². The van der Waals surface area contributed by atoms with Crippen LogP contribution in [0.1, 0.15) is 25.7 Å². The Balaban J connectivity index is 1.79. The fourth-order valence-corrected chi connectivity index (χ4v) is 4.78. The molecule has 0 saturated heterocycles. The summed E-state index contributed by atoms with van der Waals surface area (Å²) in [4.78, 5) is 29.1. The van der Waals surface area contributed by atoms with Gasteiger partial charge in [0.05, 0.1) is 6.20 Å². The molecule has 3 N–H and O–H groups in total. The number of hydrogen-bond donors (Lipinski definition) is 3. The highest BCUT2D eigenvalue weighted by molar-refractivity contribution is 7.81. The maximum atomic E-state index is 13.8. The molecule has 3 rings (SSSR count). The maximum Gasteiger partial charge on any atom is 0.328 e. The van der Waals surface area contributed by atoms with Gasteiger partial charge in [-0.05, 0) is 30.9 Å². The molecular weight excluding hydrogens is 454 g/mol. The van der Waals surface area contributed by atoms with Gasteiger partial charge in [0.15, 0.2) is 16.8 Å². The number of aliphatic carboxylic acids is 1. The van der Waals surface area contributed by atoms with Gasteiger partial charge in [-0.2, -0.15) is 0 Å². The number of nitrogens with one attached hydrogen (secondary N) is 1. The summed E-state index contributed by atoms with van der Waals surface area (Å²) in [5, 5.41) is 11.5. The number of urea groups is 1. The molecule has 0 bridgehead atoms. The number of nitrogens with zero attached hydrogens (tertiary/aromatic N) is 3. The minimum atomic E-state index is -2.60. The highest BCUT2D eigenvalue weighted by atomic mass is 32.2.